The SMILES string of the molecule is NC1=[N+]2CCCC2C(O)=C1[P+](c1ccccc1)(c1ccccc1)c1ccccc1. The molecule has 3 nitrogen and oxygen atoms in total. The van der Waals surface area contributed by atoms with Gasteiger partial charge >= 0.3 is 5.84 Å². The second-order valence-electron chi connectivity index (χ2n) is 7.65. The maximum absolute atomic E-state index is 11.5. The zero-order valence-corrected chi connectivity index (χ0v) is 17.2. The van der Waals surface area contributed by atoms with Crippen LogP contribution in [-0.2, 0) is 0 Å². The highest BCUT2D eigenvalue weighted by Gasteiger charge is 2.59. The monoisotopic (exact) mass is 400 g/mol. The fourth-order valence-corrected chi connectivity index (χ4v) is 9.39. The molecule has 2 heterocycles. The predicted molar refractivity (Wildman–Crippen MR) is 122 cm³/mol. The summed E-state index contributed by atoms with van der Waals surface area (Å²) in [7, 11) is -2.34. The Hall–Kier alpha value is -2.90. The topological polar surface area (TPSA) is 49.3 Å². The number of nitrogens with zero attached hydrogens (tertiary/aromatic N) is 1. The molecule has 2 aliphatic heterocycles. The van der Waals surface area contributed by atoms with E-state index in [-0.39, 0.29) is 6.04 Å². The van der Waals surface area contributed by atoms with E-state index in [0.717, 1.165) is 30.5 Å². The number of rotatable bonds is 4. The number of fused-ring (bicyclic) bond motifs is 1. The Balaban J connectivity index is 1.92. The van der Waals surface area contributed by atoms with Crippen LogP contribution in [-0.4, -0.2) is 28.1 Å². The largest absolute Gasteiger partial charge is 0.505 e. The second kappa shape index (κ2) is 7.17. The Kier molecular flexibility index (Phi) is 4.49. The van der Waals surface area contributed by atoms with E-state index in [1.807, 2.05) is 18.2 Å². The number of hydrogen-bond donors (Lipinski definition) is 2. The van der Waals surface area contributed by atoms with Crippen LogP contribution in [0.25, 0.3) is 0 Å². The fraction of sp³-hybridized carbons (Fsp3) is 0.160. The molecule has 0 spiro atoms. The summed E-state index contributed by atoms with van der Waals surface area (Å²) in [5.41, 5.74) is 6.81. The minimum Gasteiger partial charge on any atom is -0.505 e. The molecule has 0 radical (unpaired) electrons. The van der Waals surface area contributed by atoms with Crippen LogP contribution in [0.3, 0.4) is 0 Å². The van der Waals surface area contributed by atoms with Gasteiger partial charge in [-0.1, -0.05) is 54.6 Å². The minimum absolute atomic E-state index is 0.0144. The molecule has 3 aromatic carbocycles. The highest BCUT2D eigenvalue weighted by atomic mass is 31.2. The van der Waals surface area contributed by atoms with Gasteiger partial charge in [0, 0.05) is 0 Å². The Morgan fingerprint density at radius 1 is 0.759 bits per heavy atom. The zero-order chi connectivity index (χ0) is 19.8. The van der Waals surface area contributed by atoms with Crippen molar-refractivity contribution in [2.24, 2.45) is 5.73 Å². The van der Waals surface area contributed by atoms with Gasteiger partial charge in [-0.3, -0.25) is 5.73 Å². The summed E-state index contributed by atoms with van der Waals surface area (Å²) in [5.74, 6) is 1.21. The maximum atomic E-state index is 11.5. The van der Waals surface area contributed by atoms with Crippen molar-refractivity contribution in [3.63, 3.8) is 0 Å². The molecule has 1 unspecified atom stereocenters. The molecule has 29 heavy (non-hydrogen) atoms. The van der Waals surface area contributed by atoms with Crippen LogP contribution in [0.4, 0.5) is 0 Å². The highest BCUT2D eigenvalue weighted by Crippen LogP contribution is 2.64. The van der Waals surface area contributed by atoms with Crippen molar-refractivity contribution in [1.29, 1.82) is 0 Å². The van der Waals surface area contributed by atoms with Crippen LogP contribution < -0.4 is 21.6 Å². The lowest BCUT2D eigenvalue weighted by molar-refractivity contribution is -0.534. The van der Waals surface area contributed by atoms with Gasteiger partial charge in [0.25, 0.3) is 0 Å². The van der Waals surface area contributed by atoms with Crippen molar-refractivity contribution in [1.82, 2.24) is 0 Å². The molecule has 2 aliphatic rings. The highest BCUT2D eigenvalue weighted by molar-refractivity contribution is 7.99. The van der Waals surface area contributed by atoms with Crippen molar-refractivity contribution in [3.05, 3.63) is 102 Å². The molecule has 5 rings (SSSR count). The number of aliphatic hydroxyl groups is 1. The number of hydrogen-bond acceptors (Lipinski definition) is 2. The molecule has 0 bridgehead atoms. The molecular formula is C25H25N2OP+2. The lowest BCUT2D eigenvalue weighted by Crippen LogP contribution is -2.37. The number of nitrogens with two attached hydrogens (primary N) is 1. The van der Waals surface area contributed by atoms with Gasteiger partial charge in [-0.2, -0.15) is 0 Å². The molecular weight excluding hydrogens is 375 g/mol. The normalized spacial score (nSPS) is 19.0. The van der Waals surface area contributed by atoms with Crippen LogP contribution in [0.15, 0.2) is 102 Å². The Bertz CT molecular complexity index is 995. The Morgan fingerprint density at radius 3 is 1.62 bits per heavy atom. The Morgan fingerprint density at radius 2 is 1.21 bits per heavy atom. The standard InChI is InChI=1S/C25H23N2OP/c26-25-24(23(28)22-17-10-18-27(22)25)29(19-11-4-1-5-12-19,20-13-6-2-7-14-20)21-15-8-3-9-16-21/h1-9,11-16,22H,10,17-18H2,(H-,26,28)/p+2. The summed E-state index contributed by atoms with van der Waals surface area (Å²) in [6.45, 7) is 0.905. The summed E-state index contributed by atoms with van der Waals surface area (Å²) in [6, 6.07) is 31.8. The fourth-order valence-electron chi connectivity index (χ4n) is 4.90. The third-order valence-corrected chi connectivity index (χ3v) is 10.5. The van der Waals surface area contributed by atoms with E-state index < -0.39 is 7.26 Å². The van der Waals surface area contributed by atoms with Crippen LogP contribution in [0.1, 0.15) is 12.8 Å². The van der Waals surface area contributed by atoms with Crippen molar-refractivity contribution in [2.45, 2.75) is 18.9 Å². The molecule has 0 aliphatic carbocycles. The molecule has 3 N–H and O–H groups in total. The Labute approximate surface area is 172 Å². The van der Waals surface area contributed by atoms with Gasteiger partial charge in [0.15, 0.2) is 19.1 Å². The molecule has 144 valence electrons. The summed E-state index contributed by atoms with van der Waals surface area (Å²) in [5, 5.41) is 16.1. The average molecular weight is 400 g/mol. The van der Waals surface area contributed by atoms with Crippen LogP contribution in [0, 0.1) is 0 Å². The molecule has 0 amide bonds. The van der Waals surface area contributed by atoms with E-state index >= 15 is 0 Å². The van der Waals surface area contributed by atoms with Crippen molar-refractivity contribution >= 4 is 29.0 Å². The van der Waals surface area contributed by atoms with E-state index in [1.54, 1.807) is 0 Å². The van der Waals surface area contributed by atoms with E-state index in [9.17, 15) is 5.11 Å². The first kappa shape index (κ1) is 18.1. The van der Waals surface area contributed by atoms with Crippen LogP contribution >= 0.6 is 7.26 Å². The van der Waals surface area contributed by atoms with Crippen molar-refractivity contribution in [3.8, 4) is 0 Å². The summed E-state index contributed by atoms with van der Waals surface area (Å²) in [6.07, 6.45) is 2.02. The predicted octanol–water partition coefficient (Wildman–Crippen LogP) is 3.30. The third kappa shape index (κ3) is 2.65. The molecule has 3 aromatic rings. The third-order valence-electron chi connectivity index (χ3n) is 6.13. The van der Waals surface area contributed by atoms with Gasteiger partial charge in [0.05, 0.1) is 6.54 Å². The van der Waals surface area contributed by atoms with Crippen molar-refractivity contribution in [2.75, 3.05) is 6.54 Å². The summed E-state index contributed by atoms with van der Waals surface area (Å²) >= 11 is 0. The van der Waals surface area contributed by atoms with E-state index in [1.165, 1.54) is 15.9 Å². The van der Waals surface area contributed by atoms with Gasteiger partial charge in [0.2, 0.25) is 5.31 Å². The quantitative estimate of drug-likeness (QED) is 0.522. The van der Waals surface area contributed by atoms with Crippen LogP contribution in [0.2, 0.25) is 0 Å². The lowest BCUT2D eigenvalue weighted by atomic mass is 10.2. The molecule has 4 heteroatoms. The number of benzene rings is 3. The molecule has 0 saturated carbocycles. The first-order chi connectivity index (χ1) is 14.2. The van der Waals surface area contributed by atoms with Crippen LogP contribution in [0.5, 0.6) is 0 Å². The van der Waals surface area contributed by atoms with Crippen molar-refractivity contribution < 1.29 is 9.68 Å². The molecule has 1 atom stereocenters. The minimum atomic E-state index is -2.34. The van der Waals surface area contributed by atoms with Gasteiger partial charge in [-0.15, -0.1) is 0 Å². The van der Waals surface area contributed by atoms with Gasteiger partial charge in [-0.05, 0) is 49.2 Å². The van der Waals surface area contributed by atoms with E-state index in [0.29, 0.717) is 5.76 Å². The first-order valence-corrected chi connectivity index (χ1v) is 11.9. The second-order valence-corrected chi connectivity index (χ2v) is 11.0. The number of aliphatic hydroxyl groups excluding tert-OH is 1. The molecule has 0 aromatic heterocycles. The van der Waals surface area contributed by atoms with Gasteiger partial charge < -0.3 is 5.11 Å². The summed E-state index contributed by atoms with van der Waals surface area (Å²) < 4.78 is 2.20. The van der Waals surface area contributed by atoms with E-state index in [4.69, 9.17) is 5.73 Å². The first-order valence-electron chi connectivity index (χ1n) is 10.1. The van der Waals surface area contributed by atoms with Gasteiger partial charge in [-0.25, -0.2) is 4.58 Å². The smallest absolute Gasteiger partial charge is 0.316 e. The number of amidine groups is 1. The zero-order valence-electron chi connectivity index (χ0n) is 16.3. The average Bonchev–Trinajstić information content (AvgIpc) is 3.36. The summed E-state index contributed by atoms with van der Waals surface area (Å²) in [4.78, 5) is 0. The van der Waals surface area contributed by atoms with Gasteiger partial charge in [0.1, 0.15) is 15.9 Å². The molecule has 1 saturated heterocycles. The molecule has 1 fully saturated rings. The van der Waals surface area contributed by atoms with E-state index in [2.05, 4.69) is 77.4 Å². The maximum Gasteiger partial charge on any atom is 0.316 e. The lowest BCUT2D eigenvalue weighted by Gasteiger charge is -2.27.